The van der Waals surface area contributed by atoms with Crippen LogP contribution < -0.4 is 10.6 Å². The van der Waals surface area contributed by atoms with Crippen LogP contribution >= 0.6 is 0 Å². The van der Waals surface area contributed by atoms with Crippen LogP contribution in [0.1, 0.15) is 37.6 Å². The monoisotopic (exact) mass is 299 g/mol. The molecule has 1 aromatic rings. The molecule has 0 aliphatic heterocycles. The number of Topliss-reactive ketones (excluding diaryl/α,β-unsaturated/α-hetero) is 1. The molecule has 0 heterocycles. The van der Waals surface area contributed by atoms with Crippen molar-refractivity contribution in [1.82, 2.24) is 5.32 Å². The minimum absolute atomic E-state index is 0.0133. The molecule has 5 heteroatoms. The number of benzene rings is 1. The van der Waals surface area contributed by atoms with Gasteiger partial charge in [-0.1, -0.05) is 13.8 Å². The van der Waals surface area contributed by atoms with Crippen molar-refractivity contribution in [2.75, 3.05) is 11.9 Å². The highest BCUT2D eigenvalue weighted by molar-refractivity contribution is 6.06. The standard InChI is InChI=1S/C17H21N3O2/c1-12(2)8-9-19-11-15(10-18)17(22)20-16-6-4-14(5-7-16)13(3)21/h4-7,11-12,19H,8-9H2,1-3H3,(H,20,22)/b15-11-. The number of hydrogen-bond donors (Lipinski definition) is 2. The Morgan fingerprint density at radius 3 is 2.41 bits per heavy atom. The Morgan fingerprint density at radius 2 is 1.91 bits per heavy atom. The number of carbonyl (C=O) groups is 2. The highest BCUT2D eigenvalue weighted by Gasteiger charge is 2.09. The van der Waals surface area contributed by atoms with Gasteiger partial charge in [0, 0.05) is 24.0 Å². The molecule has 1 amide bonds. The number of amides is 1. The first-order valence-electron chi connectivity index (χ1n) is 7.20. The van der Waals surface area contributed by atoms with Crippen LogP contribution in [0.4, 0.5) is 5.69 Å². The second-order valence-electron chi connectivity index (χ2n) is 5.39. The molecule has 0 fully saturated rings. The number of nitriles is 1. The molecule has 22 heavy (non-hydrogen) atoms. The summed E-state index contributed by atoms with van der Waals surface area (Å²) in [6.45, 7) is 6.40. The van der Waals surface area contributed by atoms with Crippen molar-refractivity contribution in [3.63, 3.8) is 0 Å². The SMILES string of the molecule is CC(=O)c1ccc(NC(=O)/C(C#N)=C\NCCC(C)C)cc1. The van der Waals surface area contributed by atoms with Crippen molar-refractivity contribution >= 4 is 17.4 Å². The molecule has 116 valence electrons. The third-order valence-electron chi connectivity index (χ3n) is 3.03. The number of rotatable bonds is 7. The van der Waals surface area contributed by atoms with Crippen molar-refractivity contribution in [2.45, 2.75) is 27.2 Å². The molecule has 0 saturated heterocycles. The average Bonchev–Trinajstić information content (AvgIpc) is 2.47. The van der Waals surface area contributed by atoms with Gasteiger partial charge in [-0.2, -0.15) is 5.26 Å². The van der Waals surface area contributed by atoms with E-state index < -0.39 is 5.91 Å². The first kappa shape index (κ1) is 17.4. The van der Waals surface area contributed by atoms with Gasteiger partial charge in [0.1, 0.15) is 11.6 Å². The van der Waals surface area contributed by atoms with E-state index in [0.717, 1.165) is 6.42 Å². The van der Waals surface area contributed by atoms with Gasteiger partial charge in [0.25, 0.3) is 5.91 Å². The second kappa shape index (κ2) is 8.63. The molecule has 0 aromatic heterocycles. The summed E-state index contributed by atoms with van der Waals surface area (Å²) in [5.41, 5.74) is 1.13. The van der Waals surface area contributed by atoms with Crippen molar-refractivity contribution in [3.8, 4) is 6.07 Å². The number of ketones is 1. The molecular weight excluding hydrogens is 278 g/mol. The summed E-state index contributed by atoms with van der Waals surface area (Å²) >= 11 is 0. The van der Waals surface area contributed by atoms with Crippen LogP contribution in [0.5, 0.6) is 0 Å². The zero-order chi connectivity index (χ0) is 16.5. The fourth-order valence-electron chi connectivity index (χ4n) is 1.68. The molecule has 1 rings (SSSR count). The molecule has 5 nitrogen and oxygen atoms in total. The summed E-state index contributed by atoms with van der Waals surface area (Å²) in [5.74, 6) is 0.0417. The first-order chi connectivity index (χ1) is 10.4. The smallest absolute Gasteiger partial charge is 0.267 e. The molecule has 0 spiro atoms. The first-order valence-corrected chi connectivity index (χ1v) is 7.20. The maximum absolute atomic E-state index is 12.0. The third kappa shape index (κ3) is 5.80. The fraction of sp³-hybridized carbons (Fsp3) is 0.353. The number of nitrogens with zero attached hydrogens (tertiary/aromatic N) is 1. The predicted octanol–water partition coefficient (Wildman–Crippen LogP) is 2.87. The van der Waals surface area contributed by atoms with Crippen molar-refractivity contribution in [3.05, 3.63) is 41.6 Å². The molecule has 0 unspecified atom stereocenters. The topological polar surface area (TPSA) is 82.0 Å². The van der Waals surface area contributed by atoms with Crippen molar-refractivity contribution in [2.24, 2.45) is 5.92 Å². The Kier molecular flexibility index (Phi) is 6.84. The second-order valence-corrected chi connectivity index (χ2v) is 5.39. The van der Waals surface area contributed by atoms with Gasteiger partial charge in [-0.3, -0.25) is 9.59 Å². The normalized spacial score (nSPS) is 11.0. The Hall–Kier alpha value is -2.61. The van der Waals surface area contributed by atoms with E-state index in [1.54, 1.807) is 24.3 Å². The predicted molar refractivity (Wildman–Crippen MR) is 86.2 cm³/mol. The third-order valence-corrected chi connectivity index (χ3v) is 3.03. The summed E-state index contributed by atoms with van der Waals surface area (Å²) in [7, 11) is 0. The van der Waals surface area contributed by atoms with Gasteiger partial charge in [-0.05, 0) is 43.5 Å². The van der Waals surface area contributed by atoms with E-state index in [9.17, 15) is 9.59 Å². The van der Waals surface area contributed by atoms with E-state index in [4.69, 9.17) is 5.26 Å². The summed E-state index contributed by atoms with van der Waals surface area (Å²) < 4.78 is 0. The number of carbonyl (C=O) groups excluding carboxylic acids is 2. The van der Waals surface area contributed by atoms with E-state index in [1.165, 1.54) is 13.1 Å². The minimum Gasteiger partial charge on any atom is -0.390 e. The largest absolute Gasteiger partial charge is 0.390 e. The number of nitrogens with one attached hydrogen (secondary N) is 2. The van der Waals surface area contributed by atoms with Gasteiger partial charge in [0.2, 0.25) is 0 Å². The van der Waals surface area contributed by atoms with E-state index in [1.807, 2.05) is 6.07 Å². The fourth-order valence-corrected chi connectivity index (χ4v) is 1.68. The lowest BCUT2D eigenvalue weighted by Crippen LogP contribution is -2.17. The molecule has 0 bridgehead atoms. The molecule has 0 atom stereocenters. The highest BCUT2D eigenvalue weighted by Crippen LogP contribution is 2.11. The molecule has 0 radical (unpaired) electrons. The Bertz CT molecular complexity index is 595. The molecule has 0 saturated carbocycles. The average molecular weight is 299 g/mol. The Balaban J connectivity index is 2.63. The number of anilines is 1. The van der Waals surface area contributed by atoms with Crippen LogP contribution in [0.3, 0.4) is 0 Å². The van der Waals surface area contributed by atoms with Gasteiger partial charge in [0.05, 0.1) is 0 Å². The van der Waals surface area contributed by atoms with Crippen LogP contribution in [0.15, 0.2) is 36.0 Å². The Labute approximate surface area is 131 Å². The van der Waals surface area contributed by atoms with E-state index in [2.05, 4.69) is 24.5 Å². The summed E-state index contributed by atoms with van der Waals surface area (Å²) in [6, 6.07) is 8.41. The van der Waals surface area contributed by atoms with Crippen LogP contribution in [0.25, 0.3) is 0 Å². The quantitative estimate of drug-likeness (QED) is 0.351. The van der Waals surface area contributed by atoms with Crippen molar-refractivity contribution < 1.29 is 9.59 Å². The lowest BCUT2D eigenvalue weighted by molar-refractivity contribution is -0.112. The lowest BCUT2D eigenvalue weighted by Gasteiger charge is -2.06. The summed E-state index contributed by atoms with van der Waals surface area (Å²) in [5, 5.41) is 14.6. The van der Waals surface area contributed by atoms with E-state index in [-0.39, 0.29) is 11.4 Å². The van der Waals surface area contributed by atoms with Gasteiger partial charge in [-0.15, -0.1) is 0 Å². The summed E-state index contributed by atoms with van der Waals surface area (Å²) in [4.78, 5) is 23.2. The van der Waals surface area contributed by atoms with Crippen LogP contribution in [-0.2, 0) is 4.79 Å². The van der Waals surface area contributed by atoms with E-state index in [0.29, 0.717) is 23.7 Å². The molecular formula is C17H21N3O2. The lowest BCUT2D eigenvalue weighted by atomic mass is 10.1. The minimum atomic E-state index is -0.477. The molecule has 2 N–H and O–H groups in total. The van der Waals surface area contributed by atoms with Crippen molar-refractivity contribution in [1.29, 1.82) is 5.26 Å². The van der Waals surface area contributed by atoms with Gasteiger partial charge < -0.3 is 10.6 Å². The summed E-state index contributed by atoms with van der Waals surface area (Å²) in [6.07, 6.45) is 2.39. The zero-order valence-electron chi connectivity index (χ0n) is 13.1. The highest BCUT2D eigenvalue weighted by atomic mass is 16.1. The van der Waals surface area contributed by atoms with Gasteiger partial charge in [0.15, 0.2) is 5.78 Å². The Morgan fingerprint density at radius 1 is 1.27 bits per heavy atom. The van der Waals surface area contributed by atoms with Gasteiger partial charge in [-0.25, -0.2) is 0 Å². The number of hydrogen-bond acceptors (Lipinski definition) is 4. The zero-order valence-corrected chi connectivity index (χ0v) is 13.1. The van der Waals surface area contributed by atoms with Crippen LogP contribution in [0, 0.1) is 17.2 Å². The van der Waals surface area contributed by atoms with Gasteiger partial charge >= 0.3 is 0 Å². The van der Waals surface area contributed by atoms with E-state index >= 15 is 0 Å². The van der Waals surface area contributed by atoms with Crippen LogP contribution in [-0.4, -0.2) is 18.2 Å². The van der Waals surface area contributed by atoms with Crippen LogP contribution in [0.2, 0.25) is 0 Å². The maximum atomic E-state index is 12.0. The molecule has 0 aliphatic rings. The maximum Gasteiger partial charge on any atom is 0.267 e. The molecule has 0 aliphatic carbocycles. The molecule has 1 aromatic carbocycles.